The molecule has 2 amide bonds. The number of nitrogens with one attached hydrogen (secondary N) is 1. The molecule has 5 nitrogen and oxygen atoms in total. The molecule has 110 valence electrons. The zero-order valence-electron chi connectivity index (χ0n) is 11.8. The van der Waals surface area contributed by atoms with E-state index in [9.17, 15) is 9.59 Å². The number of rotatable bonds is 1. The van der Waals surface area contributed by atoms with Crippen LogP contribution in [0.15, 0.2) is 18.2 Å². The molecule has 0 saturated carbocycles. The van der Waals surface area contributed by atoms with Crippen LogP contribution in [0.25, 0.3) is 0 Å². The fourth-order valence-electron chi connectivity index (χ4n) is 4.16. The van der Waals surface area contributed by atoms with Crippen molar-refractivity contribution in [2.45, 2.75) is 50.2 Å². The largest absolute Gasteiger partial charge is 0.365 e. The van der Waals surface area contributed by atoms with Crippen LogP contribution in [-0.4, -0.2) is 29.9 Å². The summed E-state index contributed by atoms with van der Waals surface area (Å²) in [7, 11) is 0. The van der Waals surface area contributed by atoms with Gasteiger partial charge in [-0.1, -0.05) is 0 Å². The summed E-state index contributed by atoms with van der Waals surface area (Å²) in [6.07, 6.45) is 5.60. The Bertz CT molecular complexity index is 614. The molecule has 2 atom stereocenters. The smallest absolute Gasteiger partial charge is 0.259 e. The first-order chi connectivity index (χ1) is 10.1. The normalized spacial score (nSPS) is 31.1. The number of piperidine rings is 2. The number of nitrogens with two attached hydrogens (primary N) is 1. The molecule has 1 aromatic rings. The summed E-state index contributed by atoms with van der Waals surface area (Å²) in [6, 6.07) is 6.83. The molecular formula is C16H19N3O2. The summed E-state index contributed by atoms with van der Waals surface area (Å²) in [5, 5.41) is 2.35. The van der Waals surface area contributed by atoms with Gasteiger partial charge in [-0.25, -0.2) is 0 Å². The van der Waals surface area contributed by atoms with Gasteiger partial charge in [0, 0.05) is 23.8 Å². The zero-order valence-corrected chi connectivity index (χ0v) is 11.8. The lowest BCUT2D eigenvalue weighted by Gasteiger charge is -2.49. The molecule has 3 aliphatic rings. The average Bonchev–Trinajstić information content (AvgIpc) is 2.72. The van der Waals surface area contributed by atoms with Crippen molar-refractivity contribution in [2.24, 2.45) is 5.73 Å². The van der Waals surface area contributed by atoms with Gasteiger partial charge in [0.1, 0.15) is 0 Å². The van der Waals surface area contributed by atoms with Crippen LogP contribution in [0.1, 0.15) is 52.8 Å². The van der Waals surface area contributed by atoms with Gasteiger partial charge >= 0.3 is 0 Å². The Balaban J connectivity index is 1.72. The van der Waals surface area contributed by atoms with Gasteiger partial charge < -0.3 is 10.6 Å². The summed E-state index contributed by atoms with van der Waals surface area (Å²) in [5.41, 5.74) is 8.21. The van der Waals surface area contributed by atoms with Crippen LogP contribution in [0.4, 0.5) is 5.69 Å². The van der Waals surface area contributed by atoms with Crippen molar-refractivity contribution < 1.29 is 9.59 Å². The summed E-state index contributed by atoms with van der Waals surface area (Å²) in [6.45, 7) is 0. The van der Waals surface area contributed by atoms with E-state index in [1.807, 2.05) is 12.1 Å². The molecule has 0 spiro atoms. The van der Waals surface area contributed by atoms with Crippen molar-refractivity contribution in [1.82, 2.24) is 5.32 Å². The number of nitrogens with zero attached hydrogens (tertiary/aromatic N) is 1. The predicted octanol–water partition coefficient (Wildman–Crippen LogP) is 1.42. The highest BCUT2D eigenvalue weighted by atomic mass is 16.2. The molecule has 0 aliphatic carbocycles. The number of hydrogen-bond acceptors (Lipinski definition) is 4. The predicted molar refractivity (Wildman–Crippen MR) is 79.4 cm³/mol. The minimum atomic E-state index is -0.289. The topological polar surface area (TPSA) is 75.4 Å². The molecule has 4 rings (SSSR count). The minimum Gasteiger partial charge on any atom is -0.365 e. The van der Waals surface area contributed by atoms with Crippen LogP contribution in [-0.2, 0) is 0 Å². The maximum atomic E-state index is 11.8. The van der Waals surface area contributed by atoms with Gasteiger partial charge in [0.2, 0.25) is 0 Å². The summed E-state index contributed by atoms with van der Waals surface area (Å²) in [5.74, 6) is -0.571. The number of anilines is 1. The van der Waals surface area contributed by atoms with E-state index >= 15 is 0 Å². The zero-order chi connectivity index (χ0) is 14.6. The van der Waals surface area contributed by atoms with Crippen molar-refractivity contribution in [3.8, 4) is 0 Å². The highest BCUT2D eigenvalue weighted by molar-refractivity contribution is 6.21. The van der Waals surface area contributed by atoms with Crippen LogP contribution in [0, 0.1) is 0 Å². The van der Waals surface area contributed by atoms with Crippen molar-refractivity contribution in [2.75, 3.05) is 4.90 Å². The Morgan fingerprint density at radius 1 is 1.05 bits per heavy atom. The lowest BCUT2D eigenvalue weighted by molar-refractivity contribution is 0.0879. The molecule has 2 bridgehead atoms. The second kappa shape index (κ2) is 4.56. The number of carbonyl (C=O) groups is 2. The molecular weight excluding hydrogens is 266 g/mol. The van der Waals surface area contributed by atoms with Crippen molar-refractivity contribution >= 4 is 17.5 Å². The molecule has 2 fully saturated rings. The lowest BCUT2D eigenvalue weighted by Crippen LogP contribution is -2.55. The Kier molecular flexibility index (Phi) is 2.79. The SMILES string of the molecule is NC1CC2CCCC(C1)N2c1ccc2c(c1)C(=O)NC2=O. The standard InChI is InChI=1S/C16H19N3O2/c17-9-6-10-2-1-3-11(7-9)19(10)12-4-5-13-14(8-12)16(21)18-15(13)20/h4-5,8-11H,1-3,6-7,17H2,(H,18,20,21). The Morgan fingerprint density at radius 3 is 2.43 bits per heavy atom. The number of amides is 2. The van der Waals surface area contributed by atoms with Crippen LogP contribution >= 0.6 is 0 Å². The van der Waals surface area contributed by atoms with E-state index in [0.29, 0.717) is 23.2 Å². The fraction of sp³-hybridized carbons (Fsp3) is 0.500. The molecule has 2 unspecified atom stereocenters. The van der Waals surface area contributed by atoms with Gasteiger partial charge in [0.05, 0.1) is 11.1 Å². The van der Waals surface area contributed by atoms with Gasteiger partial charge in [-0.05, 0) is 50.3 Å². The van der Waals surface area contributed by atoms with Gasteiger partial charge in [-0.15, -0.1) is 0 Å². The fourth-order valence-corrected chi connectivity index (χ4v) is 4.16. The molecule has 3 N–H and O–H groups in total. The van der Waals surface area contributed by atoms with E-state index in [0.717, 1.165) is 31.4 Å². The second-order valence-corrected chi connectivity index (χ2v) is 6.39. The Morgan fingerprint density at radius 2 is 1.71 bits per heavy atom. The molecule has 3 heterocycles. The summed E-state index contributed by atoms with van der Waals surface area (Å²) < 4.78 is 0. The molecule has 0 radical (unpaired) electrons. The maximum Gasteiger partial charge on any atom is 0.259 e. The van der Waals surface area contributed by atoms with Gasteiger partial charge in [0.25, 0.3) is 11.8 Å². The third kappa shape index (κ3) is 1.95. The van der Waals surface area contributed by atoms with E-state index < -0.39 is 0 Å². The van der Waals surface area contributed by atoms with E-state index in [1.54, 1.807) is 6.07 Å². The number of benzene rings is 1. The van der Waals surface area contributed by atoms with Crippen LogP contribution in [0.2, 0.25) is 0 Å². The third-order valence-corrected chi connectivity index (χ3v) is 5.03. The molecule has 1 aromatic carbocycles. The van der Waals surface area contributed by atoms with Crippen molar-refractivity contribution in [1.29, 1.82) is 0 Å². The lowest BCUT2D eigenvalue weighted by atomic mass is 9.81. The molecule has 21 heavy (non-hydrogen) atoms. The first-order valence-electron chi connectivity index (χ1n) is 7.67. The highest BCUT2D eigenvalue weighted by Crippen LogP contribution is 2.38. The van der Waals surface area contributed by atoms with Crippen LogP contribution < -0.4 is 16.0 Å². The first kappa shape index (κ1) is 12.8. The molecule has 2 saturated heterocycles. The van der Waals surface area contributed by atoms with Gasteiger partial charge in [-0.3, -0.25) is 14.9 Å². The van der Waals surface area contributed by atoms with Gasteiger partial charge in [0.15, 0.2) is 0 Å². The monoisotopic (exact) mass is 285 g/mol. The highest BCUT2D eigenvalue weighted by Gasteiger charge is 2.38. The van der Waals surface area contributed by atoms with E-state index in [-0.39, 0.29) is 17.9 Å². The summed E-state index contributed by atoms with van der Waals surface area (Å²) >= 11 is 0. The van der Waals surface area contributed by atoms with E-state index in [4.69, 9.17) is 5.73 Å². The quantitative estimate of drug-likeness (QED) is 0.765. The molecule has 5 heteroatoms. The van der Waals surface area contributed by atoms with Crippen LogP contribution in [0.5, 0.6) is 0 Å². The third-order valence-electron chi connectivity index (χ3n) is 5.03. The van der Waals surface area contributed by atoms with Crippen molar-refractivity contribution in [3.05, 3.63) is 29.3 Å². The summed E-state index contributed by atoms with van der Waals surface area (Å²) in [4.78, 5) is 25.9. The van der Waals surface area contributed by atoms with E-state index in [1.165, 1.54) is 6.42 Å². The number of imide groups is 1. The maximum absolute atomic E-state index is 11.8. The number of fused-ring (bicyclic) bond motifs is 3. The molecule has 0 aromatic heterocycles. The van der Waals surface area contributed by atoms with Crippen molar-refractivity contribution in [3.63, 3.8) is 0 Å². The minimum absolute atomic E-state index is 0.282. The average molecular weight is 285 g/mol. The second-order valence-electron chi connectivity index (χ2n) is 6.39. The van der Waals surface area contributed by atoms with Crippen LogP contribution in [0.3, 0.4) is 0 Å². The Hall–Kier alpha value is -1.88. The Labute approximate surface area is 123 Å². The first-order valence-corrected chi connectivity index (χ1v) is 7.67. The van der Waals surface area contributed by atoms with Gasteiger partial charge in [-0.2, -0.15) is 0 Å². The molecule has 3 aliphatic heterocycles. The van der Waals surface area contributed by atoms with E-state index in [2.05, 4.69) is 10.2 Å². The number of hydrogen-bond donors (Lipinski definition) is 2. The number of carbonyl (C=O) groups excluding carboxylic acids is 2.